The Morgan fingerprint density at radius 1 is 0.906 bits per heavy atom. The van der Waals surface area contributed by atoms with E-state index in [2.05, 4.69) is 10.4 Å². The quantitative estimate of drug-likeness (QED) is 0.361. The number of hydrazone groups is 1. The van der Waals surface area contributed by atoms with Crippen LogP contribution in [0.1, 0.15) is 41.5 Å². The summed E-state index contributed by atoms with van der Waals surface area (Å²) in [6, 6.07) is 0. The second-order valence-electron chi connectivity index (χ2n) is 6.56. The maximum Gasteiger partial charge on any atom is 0.303 e. The third kappa shape index (κ3) is 8.53. The molecule has 0 saturated heterocycles. The number of hydrogen-bond acceptors (Lipinski definition) is 12. The molecule has 0 aromatic rings. The third-order valence-electron chi connectivity index (χ3n) is 3.62. The van der Waals surface area contributed by atoms with Crippen molar-refractivity contribution in [2.45, 2.75) is 65.2 Å². The molecule has 14 heteroatoms. The lowest BCUT2D eigenvalue weighted by Crippen LogP contribution is -2.54. The van der Waals surface area contributed by atoms with Gasteiger partial charge in [-0.25, -0.2) is 5.01 Å². The highest BCUT2D eigenvalue weighted by atomic mass is 32.2. The molecule has 0 fully saturated rings. The van der Waals surface area contributed by atoms with Crippen molar-refractivity contribution in [2.24, 2.45) is 5.10 Å². The van der Waals surface area contributed by atoms with E-state index >= 15 is 0 Å². The summed E-state index contributed by atoms with van der Waals surface area (Å²) >= 11 is 0.848. The van der Waals surface area contributed by atoms with Gasteiger partial charge in [-0.3, -0.25) is 28.8 Å². The number of ether oxygens (including phenoxy) is 4. The van der Waals surface area contributed by atoms with E-state index in [1.165, 1.54) is 13.8 Å². The molecule has 0 aromatic carbocycles. The van der Waals surface area contributed by atoms with Gasteiger partial charge in [0.05, 0.1) is 0 Å². The number of nitrogens with one attached hydrogen (secondary N) is 1. The van der Waals surface area contributed by atoms with Crippen LogP contribution in [0, 0.1) is 0 Å². The second kappa shape index (κ2) is 12.0. The minimum Gasteiger partial charge on any atom is -0.462 e. The van der Waals surface area contributed by atoms with Crippen molar-refractivity contribution in [2.75, 3.05) is 6.61 Å². The Morgan fingerprint density at radius 3 is 1.91 bits per heavy atom. The molecule has 13 nitrogen and oxygen atoms in total. The van der Waals surface area contributed by atoms with Gasteiger partial charge in [0.1, 0.15) is 12.0 Å². The van der Waals surface area contributed by atoms with Gasteiger partial charge in [-0.05, 0) is 0 Å². The molecule has 1 aliphatic rings. The van der Waals surface area contributed by atoms with Gasteiger partial charge in [0, 0.05) is 41.5 Å². The van der Waals surface area contributed by atoms with Crippen LogP contribution in [0.4, 0.5) is 0 Å². The Morgan fingerprint density at radius 2 is 1.47 bits per heavy atom. The molecule has 1 rings (SSSR count). The summed E-state index contributed by atoms with van der Waals surface area (Å²) in [5.41, 5.74) is 0. The van der Waals surface area contributed by atoms with Crippen molar-refractivity contribution in [3.05, 3.63) is 0 Å². The van der Waals surface area contributed by atoms with Gasteiger partial charge in [0.2, 0.25) is 11.8 Å². The van der Waals surface area contributed by atoms with E-state index in [4.69, 9.17) is 18.9 Å². The lowest BCUT2D eigenvalue weighted by molar-refractivity contribution is -0.192. The minimum absolute atomic E-state index is 0.0282. The van der Waals surface area contributed by atoms with Gasteiger partial charge in [-0.2, -0.15) is 0 Å². The molecule has 0 bridgehead atoms. The molecule has 1 heterocycles. The zero-order valence-corrected chi connectivity index (χ0v) is 19.2. The number of nitrogens with zero attached hydrogens (tertiary/aromatic N) is 2. The van der Waals surface area contributed by atoms with Crippen LogP contribution in [0.15, 0.2) is 5.10 Å². The van der Waals surface area contributed by atoms with Crippen molar-refractivity contribution >= 4 is 52.6 Å². The number of esters is 4. The molecule has 2 amide bonds. The molecule has 1 aliphatic heterocycles. The molecular formula is C18H25N3O10S. The number of thioether (sulfide) groups is 1. The van der Waals surface area contributed by atoms with Gasteiger partial charge in [-0.1, -0.05) is 11.8 Å². The van der Waals surface area contributed by atoms with Crippen molar-refractivity contribution in [3.63, 3.8) is 0 Å². The van der Waals surface area contributed by atoms with Gasteiger partial charge in [0.15, 0.2) is 23.5 Å². The topological polar surface area (TPSA) is 167 Å². The molecule has 178 valence electrons. The number of carbonyl (C=O) groups excluding carboxylic acids is 6. The molecule has 0 spiro atoms. The Hall–Kier alpha value is -3.16. The van der Waals surface area contributed by atoms with E-state index < -0.39 is 66.0 Å². The average Bonchev–Trinajstić information content (AvgIpc) is 3.03. The fourth-order valence-electron chi connectivity index (χ4n) is 2.64. The van der Waals surface area contributed by atoms with E-state index in [-0.39, 0.29) is 5.17 Å². The van der Waals surface area contributed by atoms with E-state index in [0.29, 0.717) is 0 Å². The predicted molar refractivity (Wildman–Crippen MR) is 108 cm³/mol. The number of rotatable bonds is 8. The molecule has 0 radical (unpaired) electrons. The standard InChI is InChI=1S/C18H25N3O10S/c1-8(22)19-18-20-21(9(2)23)17(32-18)16(31-13(6)27)15(30-12(5)26)14(29-11(4)25)7-28-10(3)24/h14-17H,7H2,1-6H3,(H,19,20,22)/t14-,15-,16+,17?/m1/s1. The summed E-state index contributed by atoms with van der Waals surface area (Å²) in [7, 11) is 0. The van der Waals surface area contributed by atoms with Crippen LogP contribution in [0.3, 0.4) is 0 Å². The fourth-order valence-corrected chi connectivity index (χ4v) is 3.84. The maximum atomic E-state index is 12.2. The largest absolute Gasteiger partial charge is 0.462 e. The number of hydrogen-bond donors (Lipinski definition) is 1. The van der Waals surface area contributed by atoms with Crippen LogP contribution >= 0.6 is 11.8 Å². The van der Waals surface area contributed by atoms with Gasteiger partial charge >= 0.3 is 23.9 Å². The van der Waals surface area contributed by atoms with Crippen LogP contribution in [-0.4, -0.2) is 76.2 Å². The smallest absolute Gasteiger partial charge is 0.303 e. The Kier molecular flexibility index (Phi) is 10.1. The van der Waals surface area contributed by atoms with Crippen molar-refractivity contribution in [1.29, 1.82) is 0 Å². The van der Waals surface area contributed by atoms with Crippen LogP contribution in [0.5, 0.6) is 0 Å². The van der Waals surface area contributed by atoms with Gasteiger partial charge in [0.25, 0.3) is 0 Å². The predicted octanol–water partition coefficient (Wildman–Crippen LogP) is -0.327. The van der Waals surface area contributed by atoms with Crippen LogP contribution < -0.4 is 5.32 Å². The first-order valence-corrected chi connectivity index (χ1v) is 10.2. The Bertz CT molecular complexity index is 815. The van der Waals surface area contributed by atoms with E-state index in [1.54, 1.807) is 0 Å². The van der Waals surface area contributed by atoms with Gasteiger partial charge in [-0.15, -0.1) is 5.10 Å². The van der Waals surface area contributed by atoms with E-state index in [0.717, 1.165) is 44.5 Å². The lowest BCUT2D eigenvalue weighted by atomic mass is 10.1. The molecule has 1 N–H and O–H groups in total. The molecule has 0 aromatic heterocycles. The normalized spacial score (nSPS) is 17.9. The van der Waals surface area contributed by atoms with E-state index in [9.17, 15) is 28.8 Å². The van der Waals surface area contributed by atoms with Crippen molar-refractivity contribution in [3.8, 4) is 0 Å². The lowest BCUT2D eigenvalue weighted by Gasteiger charge is -2.35. The van der Waals surface area contributed by atoms with Crippen LogP contribution in [-0.2, 0) is 47.7 Å². The monoisotopic (exact) mass is 475 g/mol. The summed E-state index contributed by atoms with van der Waals surface area (Å²) in [5, 5.41) is 6.27. The molecule has 1 unspecified atom stereocenters. The van der Waals surface area contributed by atoms with E-state index in [1.807, 2.05) is 0 Å². The fraction of sp³-hybridized carbons (Fsp3) is 0.611. The van der Waals surface area contributed by atoms with Crippen LogP contribution in [0.2, 0.25) is 0 Å². The maximum absolute atomic E-state index is 12.2. The SMILES string of the molecule is CC(=O)NC1=NN(C(C)=O)C([C@@H](OC(C)=O)[C@H](OC(C)=O)[C@@H](COC(C)=O)OC(C)=O)S1. The number of amidine groups is 1. The summed E-state index contributed by atoms with van der Waals surface area (Å²) in [5.74, 6) is -4.17. The van der Waals surface area contributed by atoms with Crippen LogP contribution in [0.25, 0.3) is 0 Å². The minimum atomic E-state index is -1.49. The third-order valence-corrected chi connectivity index (χ3v) is 4.74. The van der Waals surface area contributed by atoms with Crippen molar-refractivity contribution in [1.82, 2.24) is 10.3 Å². The zero-order chi connectivity index (χ0) is 24.6. The highest BCUT2D eigenvalue weighted by Gasteiger charge is 2.48. The summed E-state index contributed by atoms with van der Waals surface area (Å²) in [6.07, 6.45) is -4.31. The molecule has 0 saturated carbocycles. The summed E-state index contributed by atoms with van der Waals surface area (Å²) < 4.78 is 20.7. The first-order valence-electron chi connectivity index (χ1n) is 9.29. The highest BCUT2D eigenvalue weighted by molar-refractivity contribution is 8.14. The first-order chi connectivity index (χ1) is 14.8. The first kappa shape index (κ1) is 26.9. The number of carbonyl (C=O) groups is 6. The molecule has 32 heavy (non-hydrogen) atoms. The summed E-state index contributed by atoms with van der Waals surface area (Å²) in [6.45, 7) is 6.24. The highest BCUT2D eigenvalue weighted by Crippen LogP contribution is 2.33. The van der Waals surface area contributed by atoms with Gasteiger partial charge < -0.3 is 24.3 Å². The number of amides is 2. The zero-order valence-electron chi connectivity index (χ0n) is 18.4. The molecule has 0 aliphatic carbocycles. The molecular weight excluding hydrogens is 450 g/mol. The Labute approximate surface area is 188 Å². The summed E-state index contributed by atoms with van der Waals surface area (Å²) in [4.78, 5) is 70.2. The molecule has 4 atom stereocenters. The van der Waals surface area contributed by atoms with Crippen molar-refractivity contribution < 1.29 is 47.7 Å². The average molecular weight is 475 g/mol. The second-order valence-corrected chi connectivity index (χ2v) is 7.66. The Balaban J connectivity index is 3.44.